The first-order valence-electron chi connectivity index (χ1n) is 4.56. The van der Waals surface area contributed by atoms with Crippen LogP contribution in [0.1, 0.15) is 5.69 Å². The second kappa shape index (κ2) is 4.87. The van der Waals surface area contributed by atoms with Crippen molar-refractivity contribution in [2.75, 3.05) is 5.75 Å². The molecule has 0 aliphatic heterocycles. The van der Waals surface area contributed by atoms with Gasteiger partial charge in [-0.3, -0.25) is 9.36 Å². The third kappa shape index (κ3) is 2.75. The molecular formula is C8H8N4O4S. The number of carboxylic acids is 1. The fourth-order valence-corrected chi connectivity index (χ4v) is 1.83. The maximum Gasteiger partial charge on any atom is 0.344 e. The number of thioether (sulfide) groups is 1. The van der Waals surface area contributed by atoms with Crippen LogP contribution in [0.2, 0.25) is 0 Å². The van der Waals surface area contributed by atoms with Crippen LogP contribution < -0.4 is 5.69 Å². The third-order valence-electron chi connectivity index (χ3n) is 1.86. The summed E-state index contributed by atoms with van der Waals surface area (Å²) in [6.07, 6.45) is 1.39. The summed E-state index contributed by atoms with van der Waals surface area (Å²) in [5, 5.41) is 18.5. The third-order valence-corrected chi connectivity index (χ3v) is 2.82. The molecule has 17 heavy (non-hydrogen) atoms. The molecule has 0 radical (unpaired) electrons. The second-order valence-corrected chi connectivity index (χ2v) is 4.01. The summed E-state index contributed by atoms with van der Waals surface area (Å²) >= 11 is 0.961. The van der Waals surface area contributed by atoms with Gasteiger partial charge in [0.2, 0.25) is 0 Å². The van der Waals surface area contributed by atoms with Crippen molar-refractivity contribution in [3.05, 3.63) is 28.5 Å². The molecule has 0 aliphatic rings. The summed E-state index contributed by atoms with van der Waals surface area (Å²) in [6.45, 7) is 0.188. The molecule has 8 nitrogen and oxygen atoms in total. The highest BCUT2D eigenvalue weighted by atomic mass is 32.2. The lowest BCUT2D eigenvalue weighted by Crippen LogP contribution is -2.18. The van der Waals surface area contributed by atoms with Crippen LogP contribution in [0.25, 0.3) is 0 Å². The minimum absolute atomic E-state index is 0.164. The first-order valence-corrected chi connectivity index (χ1v) is 5.54. The highest BCUT2D eigenvalue weighted by molar-refractivity contribution is 7.99. The number of aromatic nitrogens is 4. The Morgan fingerprint density at radius 3 is 3.12 bits per heavy atom. The van der Waals surface area contributed by atoms with Crippen molar-refractivity contribution in [3.63, 3.8) is 0 Å². The molecule has 2 heterocycles. The molecule has 0 bridgehead atoms. The van der Waals surface area contributed by atoms with Gasteiger partial charge in [0, 0.05) is 6.07 Å². The van der Waals surface area contributed by atoms with E-state index in [2.05, 4.69) is 19.9 Å². The molecule has 0 aromatic carbocycles. The standard InChI is InChI=1S/C8H8N4O4S/c13-6(14)4-17-8-10-9-7(15)12(8)3-5-1-2-16-11-5/h1-2H,3-4H2,(H,9,15)(H,13,14). The van der Waals surface area contributed by atoms with E-state index in [1.54, 1.807) is 6.07 Å². The van der Waals surface area contributed by atoms with Crippen molar-refractivity contribution in [1.29, 1.82) is 0 Å². The van der Waals surface area contributed by atoms with Gasteiger partial charge in [-0.25, -0.2) is 9.89 Å². The average Bonchev–Trinajstić information content (AvgIpc) is 2.89. The zero-order chi connectivity index (χ0) is 12.3. The molecule has 0 unspecified atom stereocenters. The van der Waals surface area contributed by atoms with Crippen molar-refractivity contribution in [1.82, 2.24) is 19.9 Å². The number of carboxylic acid groups (broad SMARTS) is 1. The van der Waals surface area contributed by atoms with Crippen molar-refractivity contribution >= 4 is 17.7 Å². The maximum atomic E-state index is 11.4. The minimum atomic E-state index is -0.974. The van der Waals surface area contributed by atoms with Gasteiger partial charge in [0.15, 0.2) is 5.16 Å². The van der Waals surface area contributed by atoms with E-state index in [4.69, 9.17) is 5.11 Å². The number of aromatic amines is 1. The fraction of sp³-hybridized carbons (Fsp3) is 0.250. The van der Waals surface area contributed by atoms with E-state index in [9.17, 15) is 9.59 Å². The topological polar surface area (TPSA) is 114 Å². The van der Waals surface area contributed by atoms with Crippen LogP contribution in [0.15, 0.2) is 26.8 Å². The lowest BCUT2D eigenvalue weighted by molar-refractivity contribution is -0.133. The van der Waals surface area contributed by atoms with E-state index in [0.717, 1.165) is 11.8 Å². The van der Waals surface area contributed by atoms with E-state index in [1.165, 1.54) is 10.8 Å². The lowest BCUT2D eigenvalue weighted by atomic mass is 10.4. The van der Waals surface area contributed by atoms with Gasteiger partial charge in [0.1, 0.15) is 12.0 Å². The average molecular weight is 256 g/mol. The van der Waals surface area contributed by atoms with E-state index in [0.29, 0.717) is 10.9 Å². The van der Waals surface area contributed by atoms with E-state index >= 15 is 0 Å². The molecule has 0 atom stereocenters. The minimum Gasteiger partial charge on any atom is -0.481 e. The summed E-state index contributed by atoms with van der Waals surface area (Å²) in [5.74, 6) is -1.14. The molecule has 0 saturated carbocycles. The number of carbonyl (C=O) groups is 1. The van der Waals surface area contributed by atoms with Crippen LogP contribution in [-0.2, 0) is 11.3 Å². The molecule has 90 valence electrons. The van der Waals surface area contributed by atoms with Gasteiger partial charge in [-0.15, -0.1) is 5.10 Å². The van der Waals surface area contributed by atoms with Gasteiger partial charge in [-0.1, -0.05) is 16.9 Å². The number of rotatable bonds is 5. The van der Waals surface area contributed by atoms with Gasteiger partial charge >= 0.3 is 11.7 Å². The molecule has 0 fully saturated rings. The van der Waals surface area contributed by atoms with Crippen LogP contribution in [-0.4, -0.2) is 36.7 Å². The highest BCUT2D eigenvalue weighted by Gasteiger charge is 2.12. The zero-order valence-electron chi connectivity index (χ0n) is 8.49. The summed E-state index contributed by atoms with van der Waals surface area (Å²) in [5.41, 5.74) is 0.145. The van der Waals surface area contributed by atoms with Crippen molar-refractivity contribution < 1.29 is 14.4 Å². The Hall–Kier alpha value is -2.03. The normalized spacial score (nSPS) is 10.6. The Morgan fingerprint density at radius 1 is 1.65 bits per heavy atom. The summed E-state index contributed by atoms with van der Waals surface area (Å²) in [7, 11) is 0. The smallest absolute Gasteiger partial charge is 0.344 e. The zero-order valence-corrected chi connectivity index (χ0v) is 9.31. The summed E-state index contributed by atoms with van der Waals surface area (Å²) in [6, 6.07) is 1.62. The highest BCUT2D eigenvalue weighted by Crippen LogP contribution is 2.13. The molecule has 2 aromatic heterocycles. The van der Waals surface area contributed by atoms with Crippen LogP contribution in [0.4, 0.5) is 0 Å². The molecule has 2 rings (SSSR count). The fourth-order valence-electron chi connectivity index (χ4n) is 1.16. The first-order chi connectivity index (χ1) is 8.16. The molecule has 2 aromatic rings. The molecule has 0 saturated heterocycles. The maximum absolute atomic E-state index is 11.4. The second-order valence-electron chi connectivity index (χ2n) is 3.07. The quantitative estimate of drug-likeness (QED) is 0.711. The molecule has 0 spiro atoms. The summed E-state index contributed by atoms with van der Waals surface area (Å²) in [4.78, 5) is 21.9. The van der Waals surface area contributed by atoms with Gasteiger partial charge < -0.3 is 9.63 Å². The van der Waals surface area contributed by atoms with Crippen LogP contribution in [0.5, 0.6) is 0 Å². The number of aliphatic carboxylic acids is 1. The van der Waals surface area contributed by atoms with E-state index in [-0.39, 0.29) is 12.3 Å². The van der Waals surface area contributed by atoms with Crippen LogP contribution in [0, 0.1) is 0 Å². The van der Waals surface area contributed by atoms with Crippen molar-refractivity contribution in [2.24, 2.45) is 0 Å². The largest absolute Gasteiger partial charge is 0.481 e. The van der Waals surface area contributed by atoms with Gasteiger partial charge in [-0.05, 0) is 0 Å². The number of nitrogens with zero attached hydrogens (tertiary/aromatic N) is 3. The Balaban J connectivity index is 2.17. The molecule has 9 heteroatoms. The SMILES string of the molecule is O=C(O)CSc1n[nH]c(=O)n1Cc1ccon1. The summed E-state index contributed by atoms with van der Waals surface area (Å²) < 4.78 is 5.94. The van der Waals surface area contributed by atoms with Crippen molar-refractivity contribution in [3.8, 4) is 0 Å². The van der Waals surface area contributed by atoms with E-state index in [1.807, 2.05) is 0 Å². The number of nitrogens with one attached hydrogen (secondary N) is 1. The van der Waals surface area contributed by atoms with E-state index < -0.39 is 11.7 Å². The van der Waals surface area contributed by atoms with Crippen LogP contribution in [0.3, 0.4) is 0 Å². The Bertz CT molecular complexity index is 558. The number of hydrogen-bond acceptors (Lipinski definition) is 6. The Morgan fingerprint density at radius 2 is 2.47 bits per heavy atom. The molecule has 0 amide bonds. The Kier molecular flexibility index (Phi) is 3.28. The predicted octanol–water partition coefficient (Wildman–Crippen LogP) is -0.216. The first kappa shape index (κ1) is 11.5. The predicted molar refractivity (Wildman–Crippen MR) is 56.8 cm³/mol. The Labute approximate surface area is 98.6 Å². The number of hydrogen-bond donors (Lipinski definition) is 2. The number of H-pyrrole nitrogens is 1. The van der Waals surface area contributed by atoms with Crippen LogP contribution >= 0.6 is 11.8 Å². The molecule has 2 N–H and O–H groups in total. The monoisotopic (exact) mass is 256 g/mol. The van der Waals surface area contributed by atoms with Gasteiger partial charge in [0.25, 0.3) is 0 Å². The lowest BCUT2D eigenvalue weighted by Gasteiger charge is -2.00. The molecule has 0 aliphatic carbocycles. The van der Waals surface area contributed by atoms with Gasteiger partial charge in [-0.2, -0.15) is 0 Å². The van der Waals surface area contributed by atoms with Crippen molar-refractivity contribution in [2.45, 2.75) is 11.7 Å². The molecular weight excluding hydrogens is 248 g/mol. The van der Waals surface area contributed by atoms with Gasteiger partial charge in [0.05, 0.1) is 12.3 Å².